The highest BCUT2D eigenvalue weighted by Crippen LogP contribution is 2.13. The highest BCUT2D eigenvalue weighted by molar-refractivity contribution is 5.89. The Kier molecular flexibility index (Phi) is 7.30. The summed E-state index contributed by atoms with van der Waals surface area (Å²) in [4.78, 5) is 15.9. The zero-order chi connectivity index (χ0) is 20.5. The number of aromatic nitrogens is 2. The first-order valence-electron chi connectivity index (χ1n) is 9.38. The van der Waals surface area contributed by atoms with Crippen LogP contribution in [-0.4, -0.2) is 28.7 Å². The first-order chi connectivity index (χ1) is 14.1. The predicted octanol–water partition coefficient (Wildman–Crippen LogP) is 4.50. The standard InChI is InChI=1S/C23H23FN2O3/c1-2-29-23(27)21-7-3-18(4-8-21)13-20(14-26-12-11-25-17-26)16-28-15-19-5-9-22(24)10-6-19/h3-13,17H,2,14-16H2,1H3/b20-13+. The van der Waals surface area contributed by atoms with Crippen LogP contribution in [0.1, 0.15) is 28.4 Å². The monoisotopic (exact) mass is 394 g/mol. The quantitative estimate of drug-likeness (QED) is 0.502. The Bertz CT molecular complexity index is 933. The average molecular weight is 394 g/mol. The fourth-order valence-electron chi connectivity index (χ4n) is 2.79. The molecule has 0 fully saturated rings. The van der Waals surface area contributed by atoms with Crippen molar-refractivity contribution < 1.29 is 18.7 Å². The van der Waals surface area contributed by atoms with Gasteiger partial charge in [-0.25, -0.2) is 14.2 Å². The van der Waals surface area contributed by atoms with Gasteiger partial charge in [-0.15, -0.1) is 0 Å². The summed E-state index contributed by atoms with van der Waals surface area (Å²) in [6, 6.07) is 13.5. The van der Waals surface area contributed by atoms with Crippen molar-refractivity contribution in [2.75, 3.05) is 13.2 Å². The van der Waals surface area contributed by atoms with Gasteiger partial charge in [0.1, 0.15) is 5.82 Å². The Balaban J connectivity index is 1.68. The third-order valence-electron chi connectivity index (χ3n) is 4.21. The minimum atomic E-state index is -0.329. The smallest absolute Gasteiger partial charge is 0.338 e. The van der Waals surface area contributed by atoms with E-state index in [9.17, 15) is 9.18 Å². The molecule has 0 saturated heterocycles. The largest absolute Gasteiger partial charge is 0.462 e. The van der Waals surface area contributed by atoms with E-state index in [4.69, 9.17) is 9.47 Å². The summed E-state index contributed by atoms with van der Waals surface area (Å²) >= 11 is 0. The number of ether oxygens (including phenoxy) is 2. The zero-order valence-corrected chi connectivity index (χ0v) is 16.3. The number of nitrogens with zero attached hydrogens (tertiary/aromatic N) is 2. The van der Waals surface area contributed by atoms with Crippen molar-refractivity contribution in [2.45, 2.75) is 20.1 Å². The number of carbonyl (C=O) groups excluding carboxylic acids is 1. The lowest BCUT2D eigenvalue weighted by atomic mass is 10.1. The molecule has 0 unspecified atom stereocenters. The maximum absolute atomic E-state index is 13.0. The summed E-state index contributed by atoms with van der Waals surface area (Å²) in [6.45, 7) is 3.56. The lowest BCUT2D eigenvalue weighted by Crippen LogP contribution is -2.06. The number of halogens is 1. The Hall–Kier alpha value is -3.25. The number of benzene rings is 2. The van der Waals surface area contributed by atoms with Gasteiger partial charge in [-0.2, -0.15) is 0 Å². The van der Waals surface area contributed by atoms with E-state index in [1.165, 1.54) is 12.1 Å². The van der Waals surface area contributed by atoms with Gasteiger partial charge in [-0.1, -0.05) is 30.3 Å². The molecule has 0 atom stereocenters. The molecule has 0 aliphatic carbocycles. The third kappa shape index (κ3) is 6.40. The summed E-state index contributed by atoms with van der Waals surface area (Å²) in [7, 11) is 0. The van der Waals surface area contributed by atoms with Gasteiger partial charge in [-0.3, -0.25) is 0 Å². The molecule has 1 heterocycles. The van der Waals surface area contributed by atoms with E-state index in [2.05, 4.69) is 4.98 Å². The third-order valence-corrected chi connectivity index (χ3v) is 4.21. The van der Waals surface area contributed by atoms with Crippen molar-refractivity contribution in [1.29, 1.82) is 0 Å². The van der Waals surface area contributed by atoms with E-state index >= 15 is 0 Å². The SMILES string of the molecule is CCOC(=O)c1ccc(/C=C(/COCc2ccc(F)cc2)Cn2ccnc2)cc1. The molecule has 0 bridgehead atoms. The van der Waals surface area contributed by atoms with Gasteiger partial charge < -0.3 is 14.0 Å². The molecule has 0 aliphatic heterocycles. The van der Waals surface area contributed by atoms with Crippen LogP contribution in [0.4, 0.5) is 4.39 Å². The van der Waals surface area contributed by atoms with Crippen LogP contribution < -0.4 is 0 Å². The lowest BCUT2D eigenvalue weighted by Gasteiger charge is -2.11. The van der Waals surface area contributed by atoms with E-state index in [-0.39, 0.29) is 11.8 Å². The van der Waals surface area contributed by atoms with Crippen LogP contribution in [-0.2, 0) is 22.6 Å². The van der Waals surface area contributed by atoms with E-state index in [0.29, 0.717) is 31.9 Å². The molecule has 2 aromatic carbocycles. The number of hydrogen-bond donors (Lipinski definition) is 0. The molecule has 0 N–H and O–H groups in total. The van der Waals surface area contributed by atoms with Crippen molar-refractivity contribution >= 4 is 12.0 Å². The van der Waals surface area contributed by atoms with Crippen LogP contribution in [0.15, 0.2) is 72.8 Å². The summed E-state index contributed by atoms with van der Waals surface area (Å²) in [5.41, 5.74) is 3.42. The Morgan fingerprint density at radius 2 is 1.90 bits per heavy atom. The minimum absolute atomic E-state index is 0.263. The fraction of sp³-hybridized carbons (Fsp3) is 0.217. The molecular weight excluding hydrogens is 371 g/mol. The van der Waals surface area contributed by atoms with E-state index in [1.54, 1.807) is 43.7 Å². The minimum Gasteiger partial charge on any atom is -0.462 e. The molecule has 150 valence electrons. The molecule has 3 rings (SSSR count). The predicted molar refractivity (Wildman–Crippen MR) is 109 cm³/mol. The number of hydrogen-bond acceptors (Lipinski definition) is 4. The number of rotatable bonds is 9. The van der Waals surface area contributed by atoms with E-state index in [0.717, 1.165) is 16.7 Å². The Labute approximate surface area is 169 Å². The normalized spacial score (nSPS) is 11.4. The van der Waals surface area contributed by atoms with Gasteiger partial charge in [0.25, 0.3) is 0 Å². The fourth-order valence-corrected chi connectivity index (χ4v) is 2.79. The molecular formula is C23H23FN2O3. The van der Waals surface area contributed by atoms with Crippen LogP contribution >= 0.6 is 0 Å². The van der Waals surface area contributed by atoms with Crippen LogP contribution in [0.5, 0.6) is 0 Å². The van der Waals surface area contributed by atoms with Crippen molar-refractivity contribution in [1.82, 2.24) is 9.55 Å². The maximum Gasteiger partial charge on any atom is 0.338 e. The van der Waals surface area contributed by atoms with Crippen LogP contribution in [0.25, 0.3) is 6.08 Å². The lowest BCUT2D eigenvalue weighted by molar-refractivity contribution is 0.0526. The first kappa shape index (κ1) is 20.5. The van der Waals surface area contributed by atoms with Crippen LogP contribution in [0, 0.1) is 5.82 Å². The van der Waals surface area contributed by atoms with Crippen LogP contribution in [0.3, 0.4) is 0 Å². The van der Waals surface area contributed by atoms with Crippen molar-refractivity contribution in [2.24, 2.45) is 0 Å². The highest BCUT2D eigenvalue weighted by Gasteiger charge is 2.06. The second-order valence-electron chi connectivity index (χ2n) is 6.50. The van der Waals surface area contributed by atoms with Crippen molar-refractivity contribution in [3.63, 3.8) is 0 Å². The van der Waals surface area contributed by atoms with Gasteiger partial charge in [0, 0.05) is 18.9 Å². The van der Waals surface area contributed by atoms with Crippen LogP contribution in [0.2, 0.25) is 0 Å². The van der Waals surface area contributed by atoms with E-state index < -0.39 is 0 Å². The number of esters is 1. The van der Waals surface area contributed by atoms with Crippen molar-refractivity contribution in [3.8, 4) is 0 Å². The first-order valence-corrected chi connectivity index (χ1v) is 9.38. The molecule has 0 saturated carbocycles. The molecule has 0 amide bonds. The summed E-state index contributed by atoms with van der Waals surface area (Å²) in [5.74, 6) is -0.593. The molecule has 6 heteroatoms. The highest BCUT2D eigenvalue weighted by atomic mass is 19.1. The number of imidazole rings is 1. The Morgan fingerprint density at radius 3 is 2.55 bits per heavy atom. The molecule has 29 heavy (non-hydrogen) atoms. The number of carbonyl (C=O) groups is 1. The van der Waals surface area contributed by atoms with Gasteiger partial charge >= 0.3 is 5.97 Å². The molecule has 3 aromatic rings. The average Bonchev–Trinajstić information content (AvgIpc) is 3.23. The maximum atomic E-state index is 13.0. The summed E-state index contributed by atoms with van der Waals surface area (Å²) in [6.07, 6.45) is 7.39. The molecule has 1 aromatic heterocycles. The molecule has 0 spiro atoms. The molecule has 0 aliphatic rings. The Morgan fingerprint density at radius 1 is 1.14 bits per heavy atom. The van der Waals surface area contributed by atoms with Crippen molar-refractivity contribution in [3.05, 3.63) is 95.3 Å². The second kappa shape index (κ2) is 10.3. The second-order valence-corrected chi connectivity index (χ2v) is 6.50. The summed E-state index contributed by atoms with van der Waals surface area (Å²) in [5, 5.41) is 0. The van der Waals surface area contributed by atoms with Gasteiger partial charge in [0.05, 0.1) is 31.7 Å². The van der Waals surface area contributed by atoms with E-state index in [1.807, 2.05) is 29.0 Å². The molecule has 0 radical (unpaired) electrons. The zero-order valence-electron chi connectivity index (χ0n) is 16.3. The topological polar surface area (TPSA) is 53.4 Å². The summed E-state index contributed by atoms with van der Waals surface area (Å²) < 4.78 is 25.8. The van der Waals surface area contributed by atoms with Gasteiger partial charge in [-0.05, 0) is 47.9 Å². The molecule has 5 nitrogen and oxygen atoms in total. The van der Waals surface area contributed by atoms with Gasteiger partial charge in [0.15, 0.2) is 0 Å². The van der Waals surface area contributed by atoms with Gasteiger partial charge in [0.2, 0.25) is 0 Å².